The highest BCUT2D eigenvalue weighted by molar-refractivity contribution is 6.03. The third-order valence-electron chi connectivity index (χ3n) is 4.54. The van der Waals surface area contributed by atoms with Gasteiger partial charge in [0.2, 0.25) is 0 Å². The molecule has 2 aromatic rings. The number of amides is 1. The standard InChI is InChI=1S/C19H21NO4/c1-12-11-16(13-5-3-2-4-6-13)24-17(12)18(21)20-15-9-7-14(8-10-15)19(22)23/h7-11,13H,2-6H2,1H3,(H,20,21)(H,22,23). The van der Waals surface area contributed by atoms with Crippen LogP contribution in [0.1, 0.15) is 70.3 Å². The number of carboxylic acids is 1. The molecule has 0 unspecified atom stereocenters. The van der Waals surface area contributed by atoms with E-state index in [-0.39, 0.29) is 11.5 Å². The minimum Gasteiger partial charge on any atom is -0.478 e. The lowest BCUT2D eigenvalue weighted by Crippen LogP contribution is -2.12. The number of furan rings is 1. The molecule has 1 amide bonds. The van der Waals surface area contributed by atoms with E-state index >= 15 is 0 Å². The number of hydrogen-bond donors (Lipinski definition) is 2. The second kappa shape index (κ2) is 6.91. The van der Waals surface area contributed by atoms with Crippen LogP contribution in [0.4, 0.5) is 5.69 Å². The zero-order valence-corrected chi connectivity index (χ0v) is 13.7. The Balaban J connectivity index is 1.72. The number of carboxylic acid groups (broad SMARTS) is 1. The Hall–Kier alpha value is -2.56. The number of anilines is 1. The summed E-state index contributed by atoms with van der Waals surface area (Å²) in [4.78, 5) is 23.3. The molecule has 3 rings (SSSR count). The fourth-order valence-electron chi connectivity index (χ4n) is 3.20. The van der Waals surface area contributed by atoms with E-state index in [4.69, 9.17) is 9.52 Å². The van der Waals surface area contributed by atoms with Gasteiger partial charge < -0.3 is 14.8 Å². The number of aromatic carboxylic acids is 1. The molecule has 0 bridgehead atoms. The predicted octanol–water partition coefficient (Wildman–Crippen LogP) is 4.59. The average molecular weight is 327 g/mol. The topological polar surface area (TPSA) is 79.5 Å². The van der Waals surface area contributed by atoms with Crippen LogP contribution in [0.25, 0.3) is 0 Å². The highest BCUT2D eigenvalue weighted by atomic mass is 16.4. The van der Waals surface area contributed by atoms with Crippen LogP contribution in [0.5, 0.6) is 0 Å². The van der Waals surface area contributed by atoms with E-state index in [1.807, 2.05) is 13.0 Å². The van der Waals surface area contributed by atoms with Gasteiger partial charge in [-0.05, 0) is 50.1 Å². The van der Waals surface area contributed by atoms with E-state index in [2.05, 4.69) is 5.32 Å². The normalized spacial score (nSPS) is 15.2. The fraction of sp³-hybridized carbons (Fsp3) is 0.368. The van der Waals surface area contributed by atoms with Gasteiger partial charge in [-0.3, -0.25) is 4.79 Å². The van der Waals surface area contributed by atoms with Crippen LogP contribution in [0.2, 0.25) is 0 Å². The number of rotatable bonds is 4. The highest BCUT2D eigenvalue weighted by Crippen LogP contribution is 2.34. The molecule has 0 saturated heterocycles. The molecule has 1 aliphatic rings. The molecule has 0 radical (unpaired) electrons. The largest absolute Gasteiger partial charge is 0.478 e. The molecule has 0 atom stereocenters. The third-order valence-corrected chi connectivity index (χ3v) is 4.54. The lowest BCUT2D eigenvalue weighted by atomic mass is 9.87. The molecule has 1 saturated carbocycles. The van der Waals surface area contributed by atoms with Crippen molar-refractivity contribution in [3.63, 3.8) is 0 Å². The van der Waals surface area contributed by atoms with Crippen molar-refractivity contribution in [2.24, 2.45) is 0 Å². The van der Waals surface area contributed by atoms with Gasteiger partial charge in [0.1, 0.15) is 5.76 Å². The minimum absolute atomic E-state index is 0.182. The van der Waals surface area contributed by atoms with Crippen molar-refractivity contribution >= 4 is 17.6 Å². The van der Waals surface area contributed by atoms with Crippen LogP contribution in [0.15, 0.2) is 34.7 Å². The first-order valence-corrected chi connectivity index (χ1v) is 8.29. The first-order chi connectivity index (χ1) is 11.5. The van der Waals surface area contributed by atoms with Crippen LogP contribution in [0, 0.1) is 6.92 Å². The smallest absolute Gasteiger partial charge is 0.335 e. The predicted molar refractivity (Wildman–Crippen MR) is 90.6 cm³/mol. The Morgan fingerprint density at radius 3 is 2.42 bits per heavy atom. The summed E-state index contributed by atoms with van der Waals surface area (Å²) in [5.74, 6) is 0.342. The molecule has 1 aromatic heterocycles. The van der Waals surface area contributed by atoms with Gasteiger partial charge >= 0.3 is 5.97 Å². The van der Waals surface area contributed by atoms with Crippen molar-refractivity contribution in [3.05, 3.63) is 53.0 Å². The Bertz CT molecular complexity index is 739. The summed E-state index contributed by atoms with van der Waals surface area (Å²) in [6.07, 6.45) is 5.93. The summed E-state index contributed by atoms with van der Waals surface area (Å²) in [6, 6.07) is 8.03. The van der Waals surface area contributed by atoms with Crippen LogP contribution < -0.4 is 5.32 Å². The van der Waals surface area contributed by atoms with E-state index in [9.17, 15) is 9.59 Å². The van der Waals surface area contributed by atoms with Gasteiger partial charge in [-0.25, -0.2) is 4.79 Å². The lowest BCUT2D eigenvalue weighted by Gasteiger charge is -2.19. The van der Waals surface area contributed by atoms with Gasteiger partial charge in [0, 0.05) is 17.2 Å². The van der Waals surface area contributed by atoms with Crippen LogP contribution in [-0.4, -0.2) is 17.0 Å². The molecule has 24 heavy (non-hydrogen) atoms. The minimum atomic E-state index is -0.994. The Morgan fingerprint density at radius 1 is 1.12 bits per heavy atom. The maximum absolute atomic E-state index is 12.4. The molecular formula is C19H21NO4. The lowest BCUT2D eigenvalue weighted by molar-refractivity contribution is 0.0696. The molecule has 0 spiro atoms. The SMILES string of the molecule is Cc1cc(C2CCCCC2)oc1C(=O)Nc1ccc(C(=O)O)cc1. The molecule has 2 N–H and O–H groups in total. The fourth-order valence-corrected chi connectivity index (χ4v) is 3.20. The quantitative estimate of drug-likeness (QED) is 0.861. The molecule has 0 aliphatic heterocycles. The maximum Gasteiger partial charge on any atom is 0.335 e. The molecular weight excluding hydrogens is 306 g/mol. The monoisotopic (exact) mass is 327 g/mol. The molecule has 5 nitrogen and oxygen atoms in total. The van der Waals surface area contributed by atoms with Crippen molar-refractivity contribution < 1.29 is 19.1 Å². The summed E-state index contributed by atoms with van der Waals surface area (Å²) >= 11 is 0. The second-order valence-corrected chi connectivity index (χ2v) is 6.33. The zero-order valence-electron chi connectivity index (χ0n) is 13.7. The number of carbonyl (C=O) groups is 2. The van der Waals surface area contributed by atoms with E-state index in [0.717, 1.165) is 24.2 Å². The van der Waals surface area contributed by atoms with Crippen molar-refractivity contribution in [1.29, 1.82) is 0 Å². The second-order valence-electron chi connectivity index (χ2n) is 6.33. The molecule has 1 aromatic carbocycles. The van der Waals surface area contributed by atoms with Crippen LogP contribution >= 0.6 is 0 Å². The van der Waals surface area contributed by atoms with Gasteiger partial charge in [0.15, 0.2) is 5.76 Å². The van der Waals surface area contributed by atoms with Gasteiger partial charge in [-0.2, -0.15) is 0 Å². The summed E-state index contributed by atoms with van der Waals surface area (Å²) in [6.45, 7) is 1.87. The van der Waals surface area contributed by atoms with E-state index in [1.165, 1.54) is 31.4 Å². The number of carbonyl (C=O) groups excluding carboxylic acids is 1. The van der Waals surface area contributed by atoms with E-state index in [0.29, 0.717) is 17.4 Å². The Labute approximate surface area is 140 Å². The summed E-state index contributed by atoms with van der Waals surface area (Å²) in [5, 5.41) is 11.7. The van der Waals surface area contributed by atoms with E-state index in [1.54, 1.807) is 12.1 Å². The molecule has 1 heterocycles. The van der Waals surface area contributed by atoms with E-state index < -0.39 is 5.97 Å². The van der Waals surface area contributed by atoms with Gasteiger partial charge in [0.25, 0.3) is 5.91 Å². The third kappa shape index (κ3) is 3.50. The highest BCUT2D eigenvalue weighted by Gasteiger charge is 2.23. The molecule has 1 fully saturated rings. The van der Waals surface area contributed by atoms with Gasteiger partial charge in [-0.1, -0.05) is 19.3 Å². The summed E-state index contributed by atoms with van der Waals surface area (Å²) < 4.78 is 5.84. The van der Waals surface area contributed by atoms with Crippen molar-refractivity contribution in [3.8, 4) is 0 Å². The number of aryl methyl sites for hydroxylation is 1. The summed E-state index contributed by atoms with van der Waals surface area (Å²) in [5.41, 5.74) is 1.55. The summed E-state index contributed by atoms with van der Waals surface area (Å²) in [7, 11) is 0. The molecule has 126 valence electrons. The number of nitrogens with one attached hydrogen (secondary N) is 1. The Morgan fingerprint density at radius 2 is 1.79 bits per heavy atom. The van der Waals surface area contributed by atoms with Crippen molar-refractivity contribution in [2.45, 2.75) is 44.9 Å². The van der Waals surface area contributed by atoms with Crippen LogP contribution in [-0.2, 0) is 0 Å². The Kier molecular flexibility index (Phi) is 4.69. The van der Waals surface area contributed by atoms with Gasteiger partial charge in [-0.15, -0.1) is 0 Å². The molecule has 1 aliphatic carbocycles. The van der Waals surface area contributed by atoms with Crippen molar-refractivity contribution in [2.75, 3.05) is 5.32 Å². The molecule has 5 heteroatoms. The number of hydrogen-bond acceptors (Lipinski definition) is 3. The van der Waals surface area contributed by atoms with Crippen LogP contribution in [0.3, 0.4) is 0 Å². The first kappa shape index (κ1) is 16.3. The average Bonchev–Trinajstić information content (AvgIpc) is 2.98. The first-order valence-electron chi connectivity index (χ1n) is 8.29. The number of benzene rings is 1. The maximum atomic E-state index is 12.4. The van der Waals surface area contributed by atoms with Gasteiger partial charge in [0.05, 0.1) is 5.56 Å². The van der Waals surface area contributed by atoms with Crippen molar-refractivity contribution in [1.82, 2.24) is 0 Å². The zero-order chi connectivity index (χ0) is 17.1.